The highest BCUT2D eigenvalue weighted by molar-refractivity contribution is 7.99. The zero-order valence-electron chi connectivity index (χ0n) is 17.1. The summed E-state index contributed by atoms with van der Waals surface area (Å²) in [5.74, 6) is 2.29. The van der Waals surface area contributed by atoms with E-state index >= 15 is 0 Å². The first kappa shape index (κ1) is 20.4. The summed E-state index contributed by atoms with van der Waals surface area (Å²) in [5, 5.41) is 4.54. The monoisotopic (exact) mass is 456 g/mol. The molecule has 5 rings (SSSR count). The first-order valence-corrected chi connectivity index (χ1v) is 12.3. The van der Waals surface area contributed by atoms with Crippen LogP contribution in [0.3, 0.4) is 0 Å². The predicted molar refractivity (Wildman–Crippen MR) is 123 cm³/mol. The molecule has 1 aliphatic carbocycles. The Labute approximate surface area is 188 Å². The van der Waals surface area contributed by atoms with Crippen LogP contribution in [0.5, 0.6) is 11.5 Å². The van der Waals surface area contributed by atoms with E-state index in [2.05, 4.69) is 15.3 Å². The topological polar surface area (TPSA) is 99.4 Å². The summed E-state index contributed by atoms with van der Waals surface area (Å²) in [4.78, 5) is 23.7. The molecule has 162 valence electrons. The second-order valence-corrected chi connectivity index (χ2v) is 9.68. The van der Waals surface area contributed by atoms with Gasteiger partial charge in [0.25, 0.3) is 0 Å². The number of fused-ring (bicyclic) bond motifs is 4. The number of nitrogens with zero attached hydrogens (tertiary/aromatic N) is 2. The largest absolute Gasteiger partial charge is 0.486 e. The van der Waals surface area contributed by atoms with E-state index in [1.807, 2.05) is 18.2 Å². The number of aromatic nitrogens is 2. The van der Waals surface area contributed by atoms with Gasteiger partial charge in [-0.15, -0.1) is 11.3 Å². The lowest BCUT2D eigenvalue weighted by atomic mass is 9.97. The van der Waals surface area contributed by atoms with Gasteiger partial charge in [0.2, 0.25) is 5.91 Å². The van der Waals surface area contributed by atoms with E-state index in [-0.39, 0.29) is 11.7 Å². The van der Waals surface area contributed by atoms with Gasteiger partial charge in [-0.2, -0.15) is 0 Å². The molecule has 0 saturated heterocycles. The molecule has 0 fully saturated rings. The summed E-state index contributed by atoms with van der Waals surface area (Å²) in [7, 11) is 0. The molecule has 0 saturated carbocycles. The third kappa shape index (κ3) is 4.43. The fourth-order valence-corrected chi connectivity index (χ4v) is 6.01. The highest BCUT2D eigenvalue weighted by atomic mass is 32.2. The number of hydrogen-bond donors (Lipinski definition) is 2. The second-order valence-electron chi connectivity index (χ2n) is 7.65. The fourth-order valence-electron chi connectivity index (χ4n) is 4.00. The zero-order valence-corrected chi connectivity index (χ0v) is 18.7. The van der Waals surface area contributed by atoms with Crippen molar-refractivity contribution in [1.29, 1.82) is 0 Å². The van der Waals surface area contributed by atoms with Crippen molar-refractivity contribution < 1.29 is 14.3 Å². The van der Waals surface area contributed by atoms with Crippen molar-refractivity contribution in [2.75, 3.05) is 31.2 Å². The number of carbonyl (C=O) groups excluding carboxylic acids is 1. The van der Waals surface area contributed by atoms with Gasteiger partial charge in [0.1, 0.15) is 23.9 Å². The molecule has 1 amide bonds. The Hall–Kier alpha value is -2.52. The first-order chi connectivity index (χ1) is 15.2. The molecule has 0 radical (unpaired) electrons. The lowest BCUT2D eigenvalue weighted by Crippen LogP contribution is -2.27. The van der Waals surface area contributed by atoms with E-state index in [1.54, 1.807) is 11.3 Å². The molecule has 2 aliphatic rings. The van der Waals surface area contributed by atoms with Crippen molar-refractivity contribution >= 4 is 45.0 Å². The number of ether oxygens (including phenoxy) is 2. The maximum Gasteiger partial charge on any atom is 0.230 e. The molecule has 0 atom stereocenters. The van der Waals surface area contributed by atoms with Crippen LogP contribution in [0.15, 0.2) is 23.4 Å². The normalized spacial score (nSPS) is 15.0. The third-order valence-electron chi connectivity index (χ3n) is 5.50. The molecule has 0 unspecified atom stereocenters. The maximum absolute atomic E-state index is 12.3. The summed E-state index contributed by atoms with van der Waals surface area (Å²) in [6.45, 7) is 1.70. The lowest BCUT2D eigenvalue weighted by Gasteiger charge is -2.18. The van der Waals surface area contributed by atoms with Crippen molar-refractivity contribution in [3.63, 3.8) is 0 Å². The zero-order chi connectivity index (χ0) is 21.2. The van der Waals surface area contributed by atoms with Crippen LogP contribution in [-0.2, 0) is 24.1 Å². The van der Waals surface area contributed by atoms with E-state index < -0.39 is 0 Å². The van der Waals surface area contributed by atoms with Gasteiger partial charge in [-0.05, 0) is 55.4 Å². The highest BCUT2D eigenvalue weighted by Gasteiger charge is 2.20. The van der Waals surface area contributed by atoms with E-state index in [0.29, 0.717) is 30.7 Å². The molecule has 3 aromatic rings. The third-order valence-corrected chi connectivity index (χ3v) is 7.53. The molecule has 0 spiro atoms. The van der Waals surface area contributed by atoms with Gasteiger partial charge in [-0.1, -0.05) is 17.8 Å². The molecular formula is C22H24N4O3S2. The minimum atomic E-state index is -0.0460. The number of amides is 1. The average Bonchev–Trinajstić information content (AvgIpc) is 3.16. The Morgan fingerprint density at radius 3 is 2.90 bits per heavy atom. The molecule has 2 aromatic heterocycles. The van der Waals surface area contributed by atoms with Crippen LogP contribution in [0.4, 0.5) is 5.82 Å². The smallest absolute Gasteiger partial charge is 0.230 e. The van der Waals surface area contributed by atoms with Gasteiger partial charge in [-0.25, -0.2) is 9.97 Å². The molecule has 9 heteroatoms. The number of anilines is 1. The van der Waals surface area contributed by atoms with Crippen LogP contribution in [0, 0.1) is 0 Å². The molecule has 3 N–H and O–H groups in total. The van der Waals surface area contributed by atoms with Gasteiger partial charge in [0, 0.05) is 11.4 Å². The second kappa shape index (κ2) is 8.92. The van der Waals surface area contributed by atoms with Gasteiger partial charge in [0.05, 0.1) is 11.1 Å². The fraction of sp³-hybridized carbons (Fsp3) is 0.409. The van der Waals surface area contributed by atoms with Crippen molar-refractivity contribution in [2.45, 2.75) is 37.3 Å². The number of rotatable bonds is 6. The summed E-state index contributed by atoms with van der Waals surface area (Å²) in [6, 6.07) is 5.89. The van der Waals surface area contributed by atoms with Crippen molar-refractivity contribution in [3.8, 4) is 11.5 Å². The standard InChI is InChI=1S/C22H24N4O3S2/c23-20-19-14-3-1-2-4-17(14)31-21(19)26-22(25-20)30-12-18(27)24-8-7-13-5-6-15-16(11-13)29-10-9-28-15/h5-6,11H,1-4,7-10,12H2,(H,24,27)(H2,23,25,26). The van der Waals surface area contributed by atoms with Crippen LogP contribution in [0.25, 0.3) is 10.2 Å². The minimum Gasteiger partial charge on any atom is -0.486 e. The number of nitrogens with two attached hydrogens (primary N) is 1. The molecule has 3 heterocycles. The summed E-state index contributed by atoms with van der Waals surface area (Å²) >= 11 is 3.04. The van der Waals surface area contributed by atoms with Crippen molar-refractivity contribution in [3.05, 3.63) is 34.2 Å². The Morgan fingerprint density at radius 2 is 2.00 bits per heavy atom. The van der Waals surface area contributed by atoms with Gasteiger partial charge >= 0.3 is 0 Å². The van der Waals surface area contributed by atoms with Gasteiger partial charge in [-0.3, -0.25) is 4.79 Å². The van der Waals surface area contributed by atoms with E-state index in [0.717, 1.165) is 46.5 Å². The first-order valence-electron chi connectivity index (χ1n) is 10.5. The molecule has 1 aliphatic heterocycles. The molecule has 0 bridgehead atoms. The molecule has 31 heavy (non-hydrogen) atoms. The van der Waals surface area contributed by atoms with Crippen molar-refractivity contribution in [2.24, 2.45) is 0 Å². The summed E-state index contributed by atoms with van der Waals surface area (Å²) in [5.41, 5.74) is 8.68. The Balaban J connectivity index is 1.15. The number of thioether (sulfide) groups is 1. The lowest BCUT2D eigenvalue weighted by molar-refractivity contribution is -0.118. The minimum absolute atomic E-state index is 0.0460. The van der Waals surface area contributed by atoms with Crippen LogP contribution in [-0.4, -0.2) is 41.4 Å². The number of aryl methyl sites for hydroxylation is 2. The average molecular weight is 457 g/mol. The summed E-state index contributed by atoms with van der Waals surface area (Å²) in [6.07, 6.45) is 5.30. The van der Waals surface area contributed by atoms with E-state index in [4.69, 9.17) is 15.2 Å². The number of nitrogens with one attached hydrogen (secondary N) is 1. The van der Waals surface area contributed by atoms with Crippen LogP contribution < -0.4 is 20.5 Å². The molecule has 7 nitrogen and oxygen atoms in total. The quantitative estimate of drug-likeness (QED) is 0.433. The van der Waals surface area contributed by atoms with Gasteiger partial charge in [0.15, 0.2) is 16.7 Å². The van der Waals surface area contributed by atoms with Crippen LogP contribution in [0.1, 0.15) is 28.8 Å². The SMILES string of the molecule is Nc1nc(SCC(=O)NCCc2ccc3c(c2)OCCO3)nc2sc3c(c12)CCCC3. The highest BCUT2D eigenvalue weighted by Crippen LogP contribution is 2.38. The van der Waals surface area contributed by atoms with Crippen LogP contribution in [0.2, 0.25) is 0 Å². The Morgan fingerprint density at radius 1 is 1.16 bits per heavy atom. The van der Waals surface area contributed by atoms with Gasteiger partial charge < -0.3 is 20.5 Å². The number of hydrogen-bond acceptors (Lipinski definition) is 8. The number of carbonyl (C=O) groups is 1. The van der Waals surface area contributed by atoms with Crippen LogP contribution >= 0.6 is 23.1 Å². The Kier molecular flexibility index (Phi) is 5.87. The number of nitrogen functional groups attached to an aromatic ring is 1. The predicted octanol–water partition coefficient (Wildman–Crippen LogP) is 3.37. The van der Waals surface area contributed by atoms with E-state index in [1.165, 1.54) is 35.0 Å². The number of thiophene rings is 1. The Bertz CT molecular complexity index is 1130. The van der Waals surface area contributed by atoms with Crippen molar-refractivity contribution in [1.82, 2.24) is 15.3 Å². The molecule has 1 aromatic carbocycles. The van der Waals surface area contributed by atoms with E-state index in [9.17, 15) is 4.79 Å². The molecular weight excluding hydrogens is 432 g/mol. The maximum atomic E-state index is 12.3. The number of benzene rings is 1. The summed E-state index contributed by atoms with van der Waals surface area (Å²) < 4.78 is 11.1.